The van der Waals surface area contributed by atoms with Crippen molar-refractivity contribution in [2.45, 2.75) is 51.4 Å². The number of carboxylic acids is 1. The van der Waals surface area contributed by atoms with Gasteiger partial charge >= 0.3 is 5.97 Å². The molecule has 0 heterocycles. The number of rotatable bonds is 4. The van der Waals surface area contributed by atoms with E-state index in [-0.39, 0.29) is 5.92 Å². The Balaban J connectivity index is 0.000000244. The zero-order chi connectivity index (χ0) is 19.8. The lowest BCUT2D eigenvalue weighted by molar-refractivity contribution is -0.142. The Kier molecular flexibility index (Phi) is 8.46. The monoisotopic (exact) mass is 407 g/mol. The van der Waals surface area contributed by atoms with Crippen molar-refractivity contribution in [2.75, 3.05) is 5.73 Å². The van der Waals surface area contributed by atoms with Crippen LogP contribution in [0.5, 0.6) is 0 Å². The molecule has 0 unspecified atom stereocenters. The highest BCUT2D eigenvalue weighted by Gasteiger charge is 2.27. The van der Waals surface area contributed by atoms with E-state index in [4.69, 9.17) is 34.0 Å². The maximum absolute atomic E-state index is 11.0. The second-order valence-electron chi connectivity index (χ2n) is 7.04. The summed E-state index contributed by atoms with van der Waals surface area (Å²) in [6, 6.07) is 13.6. The average Bonchev–Trinajstić information content (AvgIpc) is 2.62. The highest BCUT2D eigenvalue weighted by molar-refractivity contribution is 6.35. The first-order chi connectivity index (χ1) is 12.9. The second kappa shape index (κ2) is 10.6. The first-order valence-corrected chi connectivity index (χ1v) is 10.2. The van der Waals surface area contributed by atoms with Gasteiger partial charge in [-0.15, -0.1) is 0 Å². The molecule has 0 aromatic heterocycles. The Labute approximate surface area is 171 Å². The third-order valence-corrected chi connectivity index (χ3v) is 5.41. The van der Waals surface area contributed by atoms with Gasteiger partial charge < -0.3 is 10.8 Å². The molecular weight excluding hydrogens is 381 g/mol. The third kappa shape index (κ3) is 6.75. The van der Waals surface area contributed by atoms with Gasteiger partial charge in [0.25, 0.3) is 0 Å². The number of carboxylic acid groups (broad SMARTS) is 1. The van der Waals surface area contributed by atoms with Gasteiger partial charge in [0.15, 0.2) is 0 Å². The van der Waals surface area contributed by atoms with Crippen LogP contribution in [-0.4, -0.2) is 11.1 Å². The summed E-state index contributed by atoms with van der Waals surface area (Å²) in [5, 5.41) is 10.2. The fraction of sp³-hybridized carbons (Fsp3) is 0.409. The maximum Gasteiger partial charge on any atom is 0.306 e. The Hall–Kier alpha value is -1.71. The van der Waals surface area contributed by atoms with Gasteiger partial charge in [0.2, 0.25) is 0 Å². The lowest BCUT2D eigenvalue weighted by Gasteiger charge is -2.28. The van der Waals surface area contributed by atoms with E-state index in [1.54, 1.807) is 18.2 Å². The molecule has 0 atom stereocenters. The molecular formula is C22H27Cl2NO2. The minimum absolute atomic E-state index is 0.111. The van der Waals surface area contributed by atoms with Gasteiger partial charge in [0.1, 0.15) is 0 Å². The SMILES string of the molecule is CCCc1ccccc1C1CCC(C(=O)O)CC1.Nc1cc(Cl)cc(Cl)c1. The van der Waals surface area contributed by atoms with Crippen molar-refractivity contribution >= 4 is 34.9 Å². The molecule has 0 saturated heterocycles. The van der Waals surface area contributed by atoms with E-state index >= 15 is 0 Å². The molecule has 27 heavy (non-hydrogen) atoms. The van der Waals surface area contributed by atoms with Crippen LogP contribution >= 0.6 is 23.2 Å². The second-order valence-corrected chi connectivity index (χ2v) is 7.91. The van der Waals surface area contributed by atoms with Crippen molar-refractivity contribution in [3.05, 3.63) is 63.6 Å². The van der Waals surface area contributed by atoms with Crippen LogP contribution in [0.1, 0.15) is 56.1 Å². The largest absolute Gasteiger partial charge is 0.481 e. The molecule has 3 rings (SSSR count). The number of nitrogen functional groups attached to an aromatic ring is 1. The maximum atomic E-state index is 11.0. The molecule has 5 heteroatoms. The van der Waals surface area contributed by atoms with Crippen LogP contribution in [0.3, 0.4) is 0 Å². The summed E-state index contributed by atoms with van der Waals surface area (Å²) in [5.74, 6) is -0.154. The summed E-state index contributed by atoms with van der Waals surface area (Å²) < 4.78 is 0. The molecule has 2 aromatic rings. The molecule has 0 amide bonds. The van der Waals surface area contributed by atoms with Crippen molar-refractivity contribution in [1.29, 1.82) is 0 Å². The van der Waals surface area contributed by atoms with Crippen LogP contribution in [0, 0.1) is 5.92 Å². The predicted octanol–water partition coefficient (Wildman–Crippen LogP) is 6.57. The van der Waals surface area contributed by atoms with Gasteiger partial charge in [-0.1, -0.05) is 60.8 Å². The van der Waals surface area contributed by atoms with E-state index in [1.807, 2.05) is 0 Å². The standard InChI is InChI=1S/C16H22O2.C6H5Cl2N/c1-2-5-12-6-3-4-7-15(12)13-8-10-14(11-9-13)16(17)18;7-4-1-5(8)3-6(9)2-4/h3-4,6-7,13-14H,2,5,8-11H2,1H3,(H,17,18);1-3H,9H2. The van der Waals surface area contributed by atoms with Crippen molar-refractivity contribution in [3.63, 3.8) is 0 Å². The van der Waals surface area contributed by atoms with Crippen molar-refractivity contribution < 1.29 is 9.90 Å². The van der Waals surface area contributed by atoms with Crippen molar-refractivity contribution in [2.24, 2.45) is 5.92 Å². The normalized spacial score (nSPS) is 19.1. The molecule has 2 aromatic carbocycles. The predicted molar refractivity (Wildman–Crippen MR) is 114 cm³/mol. The minimum atomic E-state index is -0.615. The molecule has 1 saturated carbocycles. The Bertz CT molecular complexity index is 705. The molecule has 3 nitrogen and oxygen atoms in total. The molecule has 0 spiro atoms. The van der Waals surface area contributed by atoms with E-state index in [1.165, 1.54) is 17.5 Å². The van der Waals surface area contributed by atoms with Gasteiger partial charge in [0.05, 0.1) is 5.92 Å². The third-order valence-electron chi connectivity index (χ3n) is 4.98. The fourth-order valence-electron chi connectivity index (χ4n) is 3.66. The van der Waals surface area contributed by atoms with Crippen LogP contribution in [0.4, 0.5) is 5.69 Å². The zero-order valence-corrected chi connectivity index (χ0v) is 17.1. The van der Waals surface area contributed by atoms with Crippen molar-refractivity contribution in [3.8, 4) is 0 Å². The summed E-state index contributed by atoms with van der Waals surface area (Å²) in [5.41, 5.74) is 8.90. The summed E-state index contributed by atoms with van der Waals surface area (Å²) in [6.07, 6.45) is 6.02. The minimum Gasteiger partial charge on any atom is -0.481 e. The van der Waals surface area contributed by atoms with Crippen LogP contribution in [0.2, 0.25) is 10.0 Å². The first kappa shape index (κ1) is 21.6. The highest BCUT2D eigenvalue weighted by Crippen LogP contribution is 2.37. The number of nitrogens with two attached hydrogens (primary N) is 1. The van der Waals surface area contributed by atoms with Crippen LogP contribution in [-0.2, 0) is 11.2 Å². The van der Waals surface area contributed by atoms with Crippen LogP contribution in [0.25, 0.3) is 0 Å². The molecule has 0 aliphatic heterocycles. The smallest absolute Gasteiger partial charge is 0.306 e. The molecule has 1 fully saturated rings. The first-order valence-electron chi connectivity index (χ1n) is 9.42. The van der Waals surface area contributed by atoms with E-state index < -0.39 is 5.97 Å². The molecule has 0 radical (unpaired) electrons. The molecule has 146 valence electrons. The van der Waals surface area contributed by atoms with E-state index in [0.717, 1.165) is 32.1 Å². The number of aliphatic carboxylic acids is 1. The van der Waals surface area contributed by atoms with E-state index in [0.29, 0.717) is 21.7 Å². The summed E-state index contributed by atoms with van der Waals surface area (Å²) in [6.45, 7) is 2.21. The lowest BCUT2D eigenvalue weighted by Crippen LogP contribution is -2.21. The van der Waals surface area contributed by atoms with Gasteiger partial charge in [-0.05, 0) is 67.3 Å². The number of hydrogen-bond donors (Lipinski definition) is 2. The molecule has 1 aliphatic rings. The Morgan fingerprint density at radius 1 is 1.07 bits per heavy atom. The lowest BCUT2D eigenvalue weighted by atomic mass is 9.77. The molecule has 0 bridgehead atoms. The number of carbonyl (C=O) groups is 1. The zero-order valence-electron chi connectivity index (χ0n) is 15.6. The van der Waals surface area contributed by atoms with E-state index in [9.17, 15) is 4.79 Å². The summed E-state index contributed by atoms with van der Waals surface area (Å²) >= 11 is 11.2. The quantitative estimate of drug-likeness (QED) is 0.562. The molecule has 3 N–H and O–H groups in total. The Morgan fingerprint density at radius 2 is 1.67 bits per heavy atom. The highest BCUT2D eigenvalue weighted by atomic mass is 35.5. The number of hydrogen-bond acceptors (Lipinski definition) is 2. The number of halogens is 2. The van der Waals surface area contributed by atoms with E-state index in [2.05, 4.69) is 31.2 Å². The number of benzene rings is 2. The number of aryl methyl sites for hydroxylation is 1. The van der Waals surface area contributed by atoms with Gasteiger partial charge in [0, 0.05) is 15.7 Å². The van der Waals surface area contributed by atoms with Gasteiger partial charge in [-0.3, -0.25) is 4.79 Å². The van der Waals surface area contributed by atoms with Crippen LogP contribution < -0.4 is 5.73 Å². The average molecular weight is 408 g/mol. The summed E-state index contributed by atoms with van der Waals surface area (Å²) in [7, 11) is 0. The number of anilines is 1. The van der Waals surface area contributed by atoms with Gasteiger partial charge in [-0.25, -0.2) is 0 Å². The fourth-order valence-corrected chi connectivity index (χ4v) is 4.20. The van der Waals surface area contributed by atoms with Gasteiger partial charge in [-0.2, -0.15) is 0 Å². The topological polar surface area (TPSA) is 63.3 Å². The Morgan fingerprint density at radius 3 is 2.19 bits per heavy atom. The summed E-state index contributed by atoms with van der Waals surface area (Å²) in [4.78, 5) is 11.0. The molecule has 1 aliphatic carbocycles. The van der Waals surface area contributed by atoms with Crippen LogP contribution in [0.15, 0.2) is 42.5 Å². The van der Waals surface area contributed by atoms with Crippen molar-refractivity contribution in [1.82, 2.24) is 0 Å².